The third kappa shape index (κ3) is 2.25. The maximum atomic E-state index is 3.93. The molecule has 0 aliphatic heterocycles. The van der Waals surface area contributed by atoms with Crippen molar-refractivity contribution < 1.29 is 0 Å². The Morgan fingerprint density at radius 1 is 1.00 bits per heavy atom. The van der Waals surface area contributed by atoms with Crippen molar-refractivity contribution >= 4 is 0 Å². The van der Waals surface area contributed by atoms with Crippen LogP contribution in [-0.4, -0.2) is 6.04 Å². The molecule has 114 valence electrons. The number of fused-ring (bicyclic) bond motifs is 5. The molecule has 3 aliphatic rings. The quantitative estimate of drug-likeness (QED) is 0.849. The van der Waals surface area contributed by atoms with Gasteiger partial charge in [-0.25, -0.2) is 0 Å². The van der Waals surface area contributed by atoms with Crippen LogP contribution in [0.25, 0.3) is 0 Å². The molecule has 21 heavy (non-hydrogen) atoms. The molecule has 4 rings (SSSR count). The van der Waals surface area contributed by atoms with Crippen molar-refractivity contribution in [2.24, 2.45) is 23.7 Å². The molecule has 2 bridgehead atoms. The maximum absolute atomic E-state index is 3.93. The highest BCUT2D eigenvalue weighted by molar-refractivity contribution is 5.29. The summed E-state index contributed by atoms with van der Waals surface area (Å²) in [5.41, 5.74) is 3.13. The van der Waals surface area contributed by atoms with E-state index in [2.05, 4.69) is 57.3 Å². The summed E-state index contributed by atoms with van der Waals surface area (Å²) in [6, 6.07) is 10.6. The molecule has 1 heteroatoms. The van der Waals surface area contributed by atoms with Crippen molar-refractivity contribution in [1.82, 2.24) is 5.32 Å². The number of hydrogen-bond acceptors (Lipinski definition) is 1. The molecule has 0 radical (unpaired) electrons. The molecule has 0 heterocycles. The Labute approximate surface area is 129 Å². The maximum Gasteiger partial charge on any atom is 0.0294 e. The molecule has 3 saturated carbocycles. The fraction of sp³-hybridized carbons (Fsp3) is 0.700. The van der Waals surface area contributed by atoms with E-state index in [1.165, 1.54) is 24.0 Å². The smallest absolute Gasteiger partial charge is 0.0294 e. The highest BCUT2D eigenvalue weighted by atomic mass is 15.0. The Morgan fingerprint density at radius 3 is 2.10 bits per heavy atom. The summed E-state index contributed by atoms with van der Waals surface area (Å²) in [7, 11) is 0. The molecular weight excluding hydrogens is 254 g/mol. The Hall–Kier alpha value is -0.820. The normalized spacial score (nSPS) is 38.4. The third-order valence-electron chi connectivity index (χ3n) is 6.45. The largest absolute Gasteiger partial charge is 0.307 e. The second kappa shape index (κ2) is 4.59. The first-order valence-corrected chi connectivity index (χ1v) is 8.81. The van der Waals surface area contributed by atoms with Gasteiger partial charge in [-0.1, -0.05) is 45.0 Å². The van der Waals surface area contributed by atoms with Crippen LogP contribution < -0.4 is 5.32 Å². The molecule has 1 N–H and O–H groups in total. The molecule has 1 nitrogen and oxygen atoms in total. The standard InChI is InChI=1S/C20H29N/c1-12(13-7-9-16(10-8-13)20(2,3)4)21-19-17-14-5-6-15(11-14)18(17)19/h7-10,12,14-15,17-19,21H,5-6,11H2,1-4H3. The Bertz CT molecular complexity index is 508. The summed E-state index contributed by atoms with van der Waals surface area (Å²) in [6.07, 6.45) is 4.57. The van der Waals surface area contributed by atoms with Crippen LogP contribution in [0.4, 0.5) is 0 Å². The van der Waals surface area contributed by atoms with Gasteiger partial charge in [-0.2, -0.15) is 0 Å². The van der Waals surface area contributed by atoms with E-state index in [1.807, 2.05) is 0 Å². The highest BCUT2D eigenvalue weighted by Gasteiger charge is 2.64. The first-order valence-electron chi connectivity index (χ1n) is 8.81. The van der Waals surface area contributed by atoms with Gasteiger partial charge in [0.05, 0.1) is 0 Å². The molecule has 5 unspecified atom stereocenters. The van der Waals surface area contributed by atoms with Crippen LogP contribution in [0.15, 0.2) is 24.3 Å². The van der Waals surface area contributed by atoms with E-state index in [-0.39, 0.29) is 5.41 Å². The summed E-state index contributed by atoms with van der Waals surface area (Å²) in [6.45, 7) is 9.18. The Kier molecular flexibility index (Phi) is 3.02. The first kappa shape index (κ1) is 13.8. The van der Waals surface area contributed by atoms with Crippen molar-refractivity contribution in [1.29, 1.82) is 0 Å². The number of benzene rings is 1. The predicted octanol–water partition coefficient (Wildman–Crippen LogP) is 4.68. The molecule has 0 aromatic heterocycles. The zero-order valence-corrected chi connectivity index (χ0v) is 13.9. The summed E-state index contributed by atoms with van der Waals surface area (Å²) >= 11 is 0. The number of hydrogen-bond donors (Lipinski definition) is 1. The molecule has 0 saturated heterocycles. The van der Waals surface area contributed by atoms with Gasteiger partial charge in [0, 0.05) is 12.1 Å². The van der Waals surface area contributed by atoms with Crippen LogP contribution in [0.3, 0.4) is 0 Å². The van der Waals surface area contributed by atoms with Crippen molar-refractivity contribution in [2.75, 3.05) is 0 Å². The molecule has 5 atom stereocenters. The minimum Gasteiger partial charge on any atom is -0.307 e. The van der Waals surface area contributed by atoms with Gasteiger partial charge in [-0.05, 0) is 66.4 Å². The van der Waals surface area contributed by atoms with Crippen molar-refractivity contribution in [2.45, 2.75) is 64.5 Å². The summed E-state index contributed by atoms with van der Waals surface area (Å²) in [5.74, 6) is 4.18. The lowest BCUT2D eigenvalue weighted by atomic mass is 9.86. The van der Waals surface area contributed by atoms with Gasteiger partial charge in [0.2, 0.25) is 0 Å². The van der Waals surface area contributed by atoms with Gasteiger partial charge >= 0.3 is 0 Å². The summed E-state index contributed by atoms with van der Waals surface area (Å²) < 4.78 is 0. The van der Waals surface area contributed by atoms with Crippen LogP contribution in [0.2, 0.25) is 0 Å². The average Bonchev–Trinajstić information content (AvgIpc) is 2.83. The second-order valence-electron chi connectivity index (χ2n) is 8.77. The van der Waals surface area contributed by atoms with Crippen LogP contribution in [0.1, 0.15) is 64.1 Å². The second-order valence-corrected chi connectivity index (χ2v) is 8.77. The van der Waals surface area contributed by atoms with E-state index in [4.69, 9.17) is 0 Å². The Morgan fingerprint density at radius 2 is 1.57 bits per heavy atom. The van der Waals surface area contributed by atoms with E-state index >= 15 is 0 Å². The van der Waals surface area contributed by atoms with Crippen LogP contribution in [0, 0.1) is 23.7 Å². The summed E-state index contributed by atoms with van der Waals surface area (Å²) in [5, 5.41) is 3.93. The SMILES string of the molecule is CC(NC1C2C3CCC(C3)C12)c1ccc(C(C)(C)C)cc1. The predicted molar refractivity (Wildman–Crippen MR) is 88.3 cm³/mol. The van der Waals surface area contributed by atoms with Gasteiger partial charge in [0.1, 0.15) is 0 Å². The van der Waals surface area contributed by atoms with E-state index in [0.717, 1.165) is 29.7 Å². The van der Waals surface area contributed by atoms with E-state index in [1.54, 1.807) is 6.42 Å². The topological polar surface area (TPSA) is 12.0 Å². The Balaban J connectivity index is 1.41. The van der Waals surface area contributed by atoms with Gasteiger partial charge in [-0.15, -0.1) is 0 Å². The molecule has 1 aromatic carbocycles. The number of nitrogens with one attached hydrogen (secondary N) is 1. The molecule has 0 spiro atoms. The van der Waals surface area contributed by atoms with Gasteiger partial charge in [0.15, 0.2) is 0 Å². The van der Waals surface area contributed by atoms with Crippen molar-refractivity contribution in [3.63, 3.8) is 0 Å². The number of rotatable bonds is 3. The summed E-state index contributed by atoms with van der Waals surface area (Å²) in [4.78, 5) is 0. The molecular formula is C20H29N. The fourth-order valence-corrected chi connectivity index (χ4v) is 5.20. The van der Waals surface area contributed by atoms with Crippen molar-refractivity contribution in [3.8, 4) is 0 Å². The van der Waals surface area contributed by atoms with Crippen molar-refractivity contribution in [3.05, 3.63) is 35.4 Å². The first-order chi connectivity index (χ1) is 9.95. The third-order valence-corrected chi connectivity index (χ3v) is 6.45. The fourth-order valence-electron chi connectivity index (χ4n) is 5.20. The lowest BCUT2D eigenvalue weighted by molar-refractivity contribution is 0.433. The minimum absolute atomic E-state index is 0.252. The van der Waals surface area contributed by atoms with Crippen LogP contribution in [-0.2, 0) is 5.41 Å². The zero-order chi connectivity index (χ0) is 14.8. The van der Waals surface area contributed by atoms with Gasteiger partial charge < -0.3 is 5.32 Å². The van der Waals surface area contributed by atoms with Gasteiger partial charge in [0.25, 0.3) is 0 Å². The van der Waals surface area contributed by atoms with Crippen LogP contribution >= 0.6 is 0 Å². The molecule has 1 aromatic rings. The van der Waals surface area contributed by atoms with Crippen LogP contribution in [0.5, 0.6) is 0 Å². The lowest BCUT2D eigenvalue weighted by Crippen LogP contribution is -2.26. The van der Waals surface area contributed by atoms with E-state index < -0.39 is 0 Å². The molecule has 3 fully saturated rings. The highest BCUT2D eigenvalue weighted by Crippen LogP contribution is 2.65. The average molecular weight is 283 g/mol. The van der Waals surface area contributed by atoms with E-state index in [0.29, 0.717) is 6.04 Å². The molecule has 3 aliphatic carbocycles. The minimum atomic E-state index is 0.252. The zero-order valence-electron chi connectivity index (χ0n) is 13.9. The molecule has 0 amide bonds. The van der Waals surface area contributed by atoms with E-state index in [9.17, 15) is 0 Å². The monoisotopic (exact) mass is 283 g/mol. The van der Waals surface area contributed by atoms with Gasteiger partial charge in [-0.3, -0.25) is 0 Å². The lowest BCUT2D eigenvalue weighted by Gasteiger charge is -2.21.